The van der Waals surface area contributed by atoms with Crippen LogP contribution in [0.15, 0.2) is 91.0 Å². The molecule has 4 aromatic carbocycles. The van der Waals surface area contributed by atoms with E-state index in [1.54, 1.807) is 12.1 Å². The summed E-state index contributed by atoms with van der Waals surface area (Å²) in [4.78, 5) is 24.3. The van der Waals surface area contributed by atoms with E-state index in [2.05, 4.69) is 31.2 Å². The Morgan fingerprint density at radius 1 is 0.773 bits per heavy atom. The van der Waals surface area contributed by atoms with E-state index in [-0.39, 0.29) is 11.3 Å². The van der Waals surface area contributed by atoms with Crippen LogP contribution in [0.2, 0.25) is 0 Å². The number of rotatable bonds is 16. The molecular formula is C38H42N2O4. The lowest BCUT2D eigenvalue weighted by atomic mass is 9.98. The number of benzene rings is 4. The largest absolute Gasteiger partial charge is 0.494 e. The number of unbranched alkanes of at least 4 members (excludes halogenated alkanes) is 4. The molecular weight excluding hydrogens is 548 g/mol. The predicted molar refractivity (Wildman–Crippen MR) is 180 cm³/mol. The van der Waals surface area contributed by atoms with Crippen LogP contribution in [0.4, 0.5) is 11.4 Å². The molecule has 228 valence electrons. The van der Waals surface area contributed by atoms with Crippen LogP contribution >= 0.6 is 0 Å². The molecule has 0 aliphatic heterocycles. The first-order chi connectivity index (χ1) is 21.3. The maximum Gasteiger partial charge on any atom is 0.336 e. The summed E-state index contributed by atoms with van der Waals surface area (Å²) < 4.78 is 5.86. The van der Waals surface area contributed by atoms with E-state index in [1.165, 1.54) is 30.9 Å². The molecule has 44 heavy (non-hydrogen) atoms. The van der Waals surface area contributed by atoms with Crippen molar-refractivity contribution in [1.82, 2.24) is 0 Å². The van der Waals surface area contributed by atoms with E-state index in [9.17, 15) is 14.7 Å². The highest BCUT2D eigenvalue weighted by molar-refractivity contribution is 6.07. The Bertz CT molecular complexity index is 1560. The number of hydrogen-bond donors (Lipinski definition) is 3. The van der Waals surface area contributed by atoms with E-state index in [1.807, 2.05) is 54.6 Å². The summed E-state index contributed by atoms with van der Waals surface area (Å²) in [5, 5.41) is 9.44. The molecule has 0 atom stereocenters. The van der Waals surface area contributed by atoms with Crippen molar-refractivity contribution in [2.24, 2.45) is 0 Å². The molecule has 0 bridgehead atoms. The molecule has 6 nitrogen and oxygen atoms in total. The van der Waals surface area contributed by atoms with Gasteiger partial charge in [0.1, 0.15) is 5.75 Å². The highest BCUT2D eigenvalue weighted by Gasteiger charge is 2.14. The van der Waals surface area contributed by atoms with Gasteiger partial charge in [0.15, 0.2) is 5.78 Å². The molecule has 0 aromatic heterocycles. The summed E-state index contributed by atoms with van der Waals surface area (Å²) in [6, 6.07) is 27.2. The van der Waals surface area contributed by atoms with Crippen LogP contribution in [0, 0.1) is 0 Å². The van der Waals surface area contributed by atoms with Crippen molar-refractivity contribution in [1.29, 1.82) is 0 Å². The molecule has 4 rings (SSSR count). The van der Waals surface area contributed by atoms with Crippen molar-refractivity contribution in [2.45, 2.75) is 58.3 Å². The lowest BCUT2D eigenvalue weighted by Crippen LogP contribution is -2.08. The summed E-state index contributed by atoms with van der Waals surface area (Å²) in [6.45, 7) is 2.77. The molecule has 6 heteroatoms. The Morgan fingerprint density at radius 2 is 1.43 bits per heavy atom. The number of carboxylic acid groups (broad SMARTS) is 1. The van der Waals surface area contributed by atoms with E-state index in [0.29, 0.717) is 35.5 Å². The van der Waals surface area contributed by atoms with E-state index in [4.69, 9.17) is 16.2 Å². The Morgan fingerprint density at radius 3 is 2.09 bits per heavy atom. The quantitative estimate of drug-likeness (QED) is 0.0521. The minimum absolute atomic E-state index is 0.0423. The van der Waals surface area contributed by atoms with E-state index >= 15 is 0 Å². The Balaban J connectivity index is 1.20. The Kier molecular flexibility index (Phi) is 11.8. The molecule has 0 amide bonds. The Labute approximate surface area is 260 Å². The van der Waals surface area contributed by atoms with Crippen LogP contribution in [0.3, 0.4) is 0 Å². The third-order valence-electron chi connectivity index (χ3n) is 7.71. The van der Waals surface area contributed by atoms with Gasteiger partial charge < -0.3 is 21.3 Å². The topological polar surface area (TPSA) is 116 Å². The van der Waals surface area contributed by atoms with Gasteiger partial charge in [0, 0.05) is 16.9 Å². The average Bonchev–Trinajstić information content (AvgIpc) is 3.03. The number of aromatic carboxylic acids is 1. The van der Waals surface area contributed by atoms with Crippen molar-refractivity contribution in [3.63, 3.8) is 0 Å². The standard InChI is InChI=1S/C38H42N2O4/c1-2-3-5-8-27-10-15-29(16-11-27)30-17-19-31(20-18-30)37(41)23-14-28-12-21-33(22-13-28)44-24-7-4-6-9-34-35(38(42)43)25-32(39)26-36(34)40/h10-23,25-26H,2-9,24,39-40H2,1H3,(H,42,43). The highest BCUT2D eigenvalue weighted by Crippen LogP contribution is 2.25. The lowest BCUT2D eigenvalue weighted by Gasteiger charge is -2.11. The zero-order chi connectivity index (χ0) is 31.3. The average molecular weight is 591 g/mol. The molecule has 0 heterocycles. The van der Waals surface area contributed by atoms with Gasteiger partial charge in [0.2, 0.25) is 0 Å². The molecule has 0 aliphatic carbocycles. The maximum absolute atomic E-state index is 12.8. The zero-order valence-corrected chi connectivity index (χ0v) is 25.4. The number of carboxylic acids is 1. The molecule has 0 saturated carbocycles. The first-order valence-corrected chi connectivity index (χ1v) is 15.4. The smallest absolute Gasteiger partial charge is 0.336 e. The fourth-order valence-electron chi connectivity index (χ4n) is 5.17. The summed E-state index contributed by atoms with van der Waals surface area (Å²) in [6.07, 6.45) is 11.3. The van der Waals surface area contributed by atoms with Crippen LogP contribution in [0.1, 0.15) is 82.9 Å². The third kappa shape index (κ3) is 9.33. The minimum atomic E-state index is -1.02. The molecule has 0 unspecified atom stereocenters. The lowest BCUT2D eigenvalue weighted by molar-refractivity contribution is 0.0695. The number of aryl methyl sites for hydroxylation is 1. The van der Waals surface area contributed by atoms with Crippen LogP contribution in [-0.4, -0.2) is 23.5 Å². The van der Waals surface area contributed by atoms with Crippen LogP contribution in [0.5, 0.6) is 5.75 Å². The molecule has 0 aliphatic rings. The second-order valence-electron chi connectivity index (χ2n) is 11.1. The zero-order valence-electron chi connectivity index (χ0n) is 25.4. The minimum Gasteiger partial charge on any atom is -0.494 e. The summed E-state index contributed by atoms with van der Waals surface area (Å²) >= 11 is 0. The van der Waals surface area contributed by atoms with E-state index in [0.717, 1.165) is 48.1 Å². The Hall–Kier alpha value is -4.84. The molecule has 0 fully saturated rings. The number of allylic oxidation sites excluding steroid dienone is 1. The summed E-state index contributed by atoms with van der Waals surface area (Å²) in [5.41, 5.74) is 18.5. The van der Waals surface area contributed by atoms with Crippen molar-refractivity contribution in [2.75, 3.05) is 18.1 Å². The van der Waals surface area contributed by atoms with Gasteiger partial charge in [0.05, 0.1) is 12.2 Å². The third-order valence-corrected chi connectivity index (χ3v) is 7.71. The van der Waals surface area contributed by atoms with Gasteiger partial charge in [-0.05, 0) is 96.7 Å². The van der Waals surface area contributed by atoms with Gasteiger partial charge in [-0.3, -0.25) is 4.79 Å². The maximum atomic E-state index is 12.8. The van der Waals surface area contributed by atoms with Crippen LogP contribution < -0.4 is 16.2 Å². The fourth-order valence-corrected chi connectivity index (χ4v) is 5.17. The van der Waals surface area contributed by atoms with Gasteiger partial charge in [-0.1, -0.05) is 86.5 Å². The molecule has 4 aromatic rings. The first-order valence-electron chi connectivity index (χ1n) is 15.4. The monoisotopic (exact) mass is 590 g/mol. The van der Waals surface area contributed by atoms with Crippen molar-refractivity contribution >= 4 is 29.2 Å². The summed E-state index contributed by atoms with van der Waals surface area (Å²) in [7, 11) is 0. The summed E-state index contributed by atoms with van der Waals surface area (Å²) in [5.74, 6) is -0.304. The van der Waals surface area contributed by atoms with Gasteiger partial charge in [-0.2, -0.15) is 0 Å². The van der Waals surface area contributed by atoms with Gasteiger partial charge in [0.25, 0.3) is 0 Å². The number of hydrogen-bond acceptors (Lipinski definition) is 5. The number of nitrogen functional groups attached to an aromatic ring is 2. The first kappa shape index (κ1) is 32.1. The van der Waals surface area contributed by atoms with Gasteiger partial charge in [-0.15, -0.1) is 0 Å². The number of anilines is 2. The van der Waals surface area contributed by atoms with Crippen molar-refractivity contribution < 1.29 is 19.4 Å². The number of carbonyl (C=O) groups excluding carboxylic acids is 1. The van der Waals surface area contributed by atoms with Gasteiger partial charge in [-0.25, -0.2) is 4.79 Å². The molecule has 5 N–H and O–H groups in total. The highest BCUT2D eigenvalue weighted by atomic mass is 16.5. The van der Waals surface area contributed by atoms with E-state index < -0.39 is 5.97 Å². The number of ether oxygens (including phenoxy) is 1. The number of ketones is 1. The number of nitrogens with two attached hydrogens (primary N) is 2. The number of carbonyl (C=O) groups is 2. The molecule has 0 spiro atoms. The van der Waals surface area contributed by atoms with Crippen molar-refractivity contribution in [3.05, 3.63) is 119 Å². The van der Waals surface area contributed by atoms with Crippen LogP contribution in [0.25, 0.3) is 17.2 Å². The van der Waals surface area contributed by atoms with Crippen molar-refractivity contribution in [3.8, 4) is 16.9 Å². The normalized spacial score (nSPS) is 11.1. The predicted octanol–water partition coefficient (Wildman–Crippen LogP) is 8.64. The van der Waals surface area contributed by atoms with Crippen LogP contribution in [-0.2, 0) is 12.8 Å². The second-order valence-corrected chi connectivity index (χ2v) is 11.1. The van der Waals surface area contributed by atoms with Gasteiger partial charge >= 0.3 is 5.97 Å². The second kappa shape index (κ2) is 16.1. The molecule has 0 radical (unpaired) electrons. The fraction of sp³-hybridized carbons (Fsp3) is 0.263. The SMILES string of the molecule is CCCCCc1ccc(-c2ccc(C(=O)C=Cc3ccc(OCCCCCc4c(N)cc(N)cc4C(=O)O)cc3)cc2)cc1. The molecule has 0 saturated heterocycles.